The Bertz CT molecular complexity index is 687. The third kappa shape index (κ3) is 3.64. The van der Waals surface area contributed by atoms with Crippen LogP contribution in [-0.4, -0.2) is 23.5 Å². The largest absolute Gasteiger partial charge is 0.360 e. The molecule has 1 fully saturated rings. The minimum atomic E-state index is -0.164. The highest BCUT2D eigenvalue weighted by Crippen LogP contribution is 2.27. The summed E-state index contributed by atoms with van der Waals surface area (Å²) < 4.78 is 0. The second kappa shape index (κ2) is 7.01. The Balaban J connectivity index is 1.74. The van der Waals surface area contributed by atoms with Gasteiger partial charge >= 0.3 is 0 Å². The second-order valence-corrected chi connectivity index (χ2v) is 6.16. The van der Waals surface area contributed by atoms with Gasteiger partial charge in [-0.25, -0.2) is 4.98 Å². The molecule has 3 rings (SSSR count). The Kier molecular flexibility index (Phi) is 4.82. The predicted octanol–water partition coefficient (Wildman–Crippen LogP) is 3.90. The van der Waals surface area contributed by atoms with Crippen LogP contribution in [0.4, 0.5) is 11.5 Å². The zero-order chi connectivity index (χ0) is 16.2. The molecule has 23 heavy (non-hydrogen) atoms. The number of amides is 1. The van der Waals surface area contributed by atoms with E-state index in [9.17, 15) is 4.79 Å². The molecule has 0 saturated carbocycles. The quantitative estimate of drug-likeness (QED) is 0.925. The summed E-state index contributed by atoms with van der Waals surface area (Å²) in [6.07, 6.45) is 4.51. The summed E-state index contributed by atoms with van der Waals surface area (Å²) in [4.78, 5) is 19.0. The number of aromatic nitrogens is 1. The lowest BCUT2D eigenvalue weighted by atomic mass is 10.2. The summed E-state index contributed by atoms with van der Waals surface area (Å²) in [5.41, 5.74) is 2.19. The van der Waals surface area contributed by atoms with Crippen molar-refractivity contribution in [1.29, 1.82) is 0 Å². The summed E-state index contributed by atoms with van der Waals surface area (Å²) in [6.45, 7) is 2.96. The summed E-state index contributed by atoms with van der Waals surface area (Å²) in [5.74, 6) is 0.621. The lowest BCUT2D eigenvalue weighted by Gasteiger charge is -2.26. The van der Waals surface area contributed by atoms with Crippen LogP contribution in [0.1, 0.15) is 25.3 Å². The van der Waals surface area contributed by atoms with Crippen molar-refractivity contribution in [1.82, 2.24) is 4.98 Å². The molecule has 0 spiro atoms. The molecular formula is C18H20ClN3O. The fraction of sp³-hybridized carbons (Fsp3) is 0.333. The first-order valence-corrected chi connectivity index (χ1v) is 8.33. The molecule has 0 aliphatic carbocycles. The fourth-order valence-corrected chi connectivity index (χ4v) is 3.08. The van der Waals surface area contributed by atoms with Gasteiger partial charge in [0, 0.05) is 23.5 Å². The summed E-state index contributed by atoms with van der Waals surface area (Å²) in [6, 6.07) is 11.4. The maximum Gasteiger partial charge on any atom is 0.248 e. The number of carbonyl (C=O) groups is 1. The van der Waals surface area contributed by atoms with Crippen molar-refractivity contribution in [3.05, 3.63) is 53.2 Å². The molecule has 1 N–H and O–H groups in total. The van der Waals surface area contributed by atoms with E-state index in [-0.39, 0.29) is 11.9 Å². The molecule has 1 aromatic heterocycles. The zero-order valence-corrected chi connectivity index (χ0v) is 13.9. The van der Waals surface area contributed by atoms with E-state index in [0.29, 0.717) is 10.8 Å². The minimum absolute atomic E-state index is 0.00166. The first kappa shape index (κ1) is 15.8. The average Bonchev–Trinajstić information content (AvgIpc) is 3.05. The number of rotatable bonds is 4. The number of carbonyl (C=O) groups excluding carboxylic acids is 1. The number of hydrogen-bond donors (Lipinski definition) is 1. The van der Waals surface area contributed by atoms with E-state index in [1.165, 1.54) is 0 Å². The van der Waals surface area contributed by atoms with E-state index in [2.05, 4.69) is 22.1 Å². The topological polar surface area (TPSA) is 45.2 Å². The Labute approximate surface area is 141 Å². The van der Waals surface area contributed by atoms with E-state index in [1.807, 2.05) is 36.4 Å². The van der Waals surface area contributed by atoms with Gasteiger partial charge in [0.15, 0.2) is 0 Å². The first-order chi connectivity index (χ1) is 11.2. The molecule has 0 radical (unpaired) electrons. The van der Waals surface area contributed by atoms with Gasteiger partial charge in [0.25, 0.3) is 0 Å². The van der Waals surface area contributed by atoms with Gasteiger partial charge in [-0.2, -0.15) is 0 Å². The van der Waals surface area contributed by atoms with Crippen LogP contribution in [0, 0.1) is 0 Å². The van der Waals surface area contributed by atoms with Crippen LogP contribution in [0.15, 0.2) is 42.6 Å². The molecular weight excluding hydrogens is 310 g/mol. The molecule has 0 bridgehead atoms. The lowest BCUT2D eigenvalue weighted by Crippen LogP contribution is -2.39. The molecule has 2 heterocycles. The maximum atomic E-state index is 12.6. The van der Waals surface area contributed by atoms with Crippen molar-refractivity contribution in [2.45, 2.75) is 32.2 Å². The van der Waals surface area contributed by atoms with E-state index >= 15 is 0 Å². The van der Waals surface area contributed by atoms with Crippen molar-refractivity contribution in [2.75, 3.05) is 16.8 Å². The van der Waals surface area contributed by atoms with E-state index in [4.69, 9.17) is 11.6 Å². The molecule has 1 amide bonds. The van der Waals surface area contributed by atoms with Crippen LogP contribution in [0.2, 0.25) is 5.02 Å². The molecule has 4 nitrogen and oxygen atoms in total. The van der Waals surface area contributed by atoms with Gasteiger partial charge in [-0.15, -0.1) is 0 Å². The van der Waals surface area contributed by atoms with Crippen molar-refractivity contribution < 1.29 is 4.79 Å². The highest BCUT2D eigenvalue weighted by atomic mass is 35.5. The summed E-state index contributed by atoms with van der Waals surface area (Å²) in [7, 11) is 0. The molecule has 1 saturated heterocycles. The summed E-state index contributed by atoms with van der Waals surface area (Å²) in [5, 5.41) is 3.66. The highest BCUT2D eigenvalue weighted by Gasteiger charge is 2.31. The van der Waals surface area contributed by atoms with Crippen molar-refractivity contribution in [3.63, 3.8) is 0 Å². The highest BCUT2D eigenvalue weighted by molar-refractivity contribution is 6.30. The molecule has 1 aliphatic heterocycles. The maximum absolute atomic E-state index is 12.6. The van der Waals surface area contributed by atoms with Gasteiger partial charge in [-0.3, -0.25) is 4.79 Å². The molecule has 2 aromatic rings. The fourth-order valence-electron chi connectivity index (χ4n) is 2.95. The van der Waals surface area contributed by atoms with Crippen LogP contribution in [0.3, 0.4) is 0 Å². The molecule has 0 unspecified atom stereocenters. The predicted molar refractivity (Wildman–Crippen MR) is 94.1 cm³/mol. The number of benzene rings is 1. The van der Waals surface area contributed by atoms with Gasteiger partial charge in [-0.1, -0.05) is 18.5 Å². The Morgan fingerprint density at radius 1 is 1.35 bits per heavy atom. The normalized spacial score (nSPS) is 17.3. The molecule has 1 atom stereocenters. The Morgan fingerprint density at radius 3 is 2.87 bits per heavy atom. The van der Waals surface area contributed by atoms with Gasteiger partial charge in [-0.05, 0) is 61.2 Å². The molecule has 1 aromatic carbocycles. The number of nitrogens with one attached hydrogen (secondary N) is 1. The van der Waals surface area contributed by atoms with Gasteiger partial charge in [0.1, 0.15) is 11.9 Å². The molecule has 1 aliphatic rings. The van der Waals surface area contributed by atoms with Crippen molar-refractivity contribution in [2.24, 2.45) is 0 Å². The van der Waals surface area contributed by atoms with E-state index in [0.717, 1.165) is 37.1 Å². The lowest BCUT2D eigenvalue weighted by molar-refractivity contribution is -0.117. The van der Waals surface area contributed by atoms with Crippen LogP contribution in [-0.2, 0) is 11.2 Å². The number of halogens is 1. The number of aryl methyl sites for hydroxylation is 1. The summed E-state index contributed by atoms with van der Waals surface area (Å²) >= 11 is 5.95. The van der Waals surface area contributed by atoms with Gasteiger partial charge < -0.3 is 10.2 Å². The number of hydrogen-bond acceptors (Lipinski definition) is 3. The van der Waals surface area contributed by atoms with Gasteiger partial charge in [0.2, 0.25) is 5.91 Å². The number of anilines is 2. The third-order valence-corrected chi connectivity index (χ3v) is 4.45. The average molecular weight is 330 g/mol. The standard InChI is InChI=1S/C18H20ClN3O/c1-2-13-9-10-20-17(12-13)21-18(23)16-4-3-11-22(16)15-7-5-14(19)6-8-15/h5-10,12,16H,2-4,11H2,1H3,(H,20,21,23)/t16-/m0/s1. The van der Waals surface area contributed by atoms with Crippen LogP contribution >= 0.6 is 11.6 Å². The first-order valence-electron chi connectivity index (χ1n) is 7.95. The Morgan fingerprint density at radius 2 is 2.13 bits per heavy atom. The number of pyridine rings is 1. The minimum Gasteiger partial charge on any atom is -0.360 e. The SMILES string of the molecule is CCc1ccnc(NC(=O)[C@@H]2CCCN2c2ccc(Cl)cc2)c1. The smallest absolute Gasteiger partial charge is 0.248 e. The van der Waals surface area contributed by atoms with E-state index in [1.54, 1.807) is 6.20 Å². The molecule has 120 valence electrons. The third-order valence-electron chi connectivity index (χ3n) is 4.20. The molecule has 5 heteroatoms. The van der Waals surface area contributed by atoms with Crippen molar-refractivity contribution in [3.8, 4) is 0 Å². The number of nitrogens with zero attached hydrogens (tertiary/aromatic N) is 2. The van der Waals surface area contributed by atoms with Crippen LogP contribution in [0.25, 0.3) is 0 Å². The van der Waals surface area contributed by atoms with E-state index < -0.39 is 0 Å². The zero-order valence-electron chi connectivity index (χ0n) is 13.1. The second-order valence-electron chi connectivity index (χ2n) is 5.72. The van der Waals surface area contributed by atoms with Crippen LogP contribution < -0.4 is 10.2 Å². The van der Waals surface area contributed by atoms with Crippen LogP contribution in [0.5, 0.6) is 0 Å². The monoisotopic (exact) mass is 329 g/mol. The van der Waals surface area contributed by atoms with Gasteiger partial charge in [0.05, 0.1) is 0 Å². The van der Waals surface area contributed by atoms with Crippen molar-refractivity contribution >= 4 is 29.0 Å². The Hall–Kier alpha value is -2.07.